The van der Waals surface area contributed by atoms with Gasteiger partial charge in [0.15, 0.2) is 0 Å². The molecule has 0 unspecified atom stereocenters. The van der Waals surface area contributed by atoms with Crippen LogP contribution in [0.25, 0.3) is 0 Å². The maximum absolute atomic E-state index is 5.98. The van der Waals surface area contributed by atoms with E-state index >= 15 is 0 Å². The van der Waals surface area contributed by atoms with Gasteiger partial charge >= 0.3 is 0 Å². The van der Waals surface area contributed by atoms with Crippen LogP contribution in [0.15, 0.2) is 0 Å². The summed E-state index contributed by atoms with van der Waals surface area (Å²) in [7, 11) is 0. The molecule has 70 valence electrons. The lowest BCUT2D eigenvalue weighted by atomic mass is 10.1. The van der Waals surface area contributed by atoms with Crippen LogP contribution >= 0.6 is 35.0 Å². The van der Waals surface area contributed by atoms with Crippen molar-refractivity contribution in [2.45, 2.75) is 12.8 Å². The van der Waals surface area contributed by atoms with Crippen molar-refractivity contribution < 1.29 is 0 Å². The van der Waals surface area contributed by atoms with Crippen LogP contribution in [-0.4, -0.2) is 21.5 Å². The molecule has 1 aromatic rings. The van der Waals surface area contributed by atoms with Crippen molar-refractivity contribution in [2.24, 2.45) is 0 Å². The first-order chi connectivity index (χ1) is 6.27. The van der Waals surface area contributed by atoms with Gasteiger partial charge in [-0.1, -0.05) is 11.6 Å². The van der Waals surface area contributed by atoms with E-state index in [9.17, 15) is 0 Å². The van der Waals surface area contributed by atoms with E-state index in [0.29, 0.717) is 5.15 Å². The molecule has 0 amide bonds. The minimum Gasteiger partial charge on any atom is -0.223 e. The molecule has 13 heavy (non-hydrogen) atoms. The van der Waals surface area contributed by atoms with E-state index in [1.807, 2.05) is 11.8 Å². The maximum Gasteiger partial charge on any atom is 0.224 e. The fraction of sp³-hybridized carbons (Fsp3) is 0.500. The number of fused-ring (bicyclic) bond motifs is 1. The van der Waals surface area contributed by atoms with Crippen LogP contribution in [0.4, 0.5) is 0 Å². The summed E-state index contributed by atoms with van der Waals surface area (Å²) in [6, 6.07) is 0. The number of aromatic nitrogens is 2. The highest BCUT2D eigenvalue weighted by Gasteiger charge is 2.14. The third-order valence-corrected chi connectivity index (χ3v) is 3.46. The summed E-state index contributed by atoms with van der Waals surface area (Å²) in [4.78, 5) is 8.13. The molecule has 0 radical (unpaired) electrons. The van der Waals surface area contributed by atoms with Crippen molar-refractivity contribution >= 4 is 35.0 Å². The molecular formula is C8H8Cl2N2S. The molecule has 0 saturated heterocycles. The predicted octanol–water partition coefficient (Wildman–Crippen LogP) is 2.62. The molecule has 2 nitrogen and oxygen atoms in total. The van der Waals surface area contributed by atoms with Gasteiger partial charge in [-0.2, -0.15) is 11.8 Å². The molecule has 0 N–H and O–H groups in total. The SMILES string of the molecule is Clc1nc(Cl)c2c(n1)CCSCC2. The van der Waals surface area contributed by atoms with Crippen molar-refractivity contribution in [3.05, 3.63) is 21.7 Å². The molecule has 0 atom stereocenters. The molecule has 1 aliphatic rings. The highest BCUT2D eigenvalue weighted by atomic mass is 35.5. The van der Waals surface area contributed by atoms with Crippen LogP contribution in [0.1, 0.15) is 11.3 Å². The van der Waals surface area contributed by atoms with Gasteiger partial charge in [0.25, 0.3) is 0 Å². The van der Waals surface area contributed by atoms with Gasteiger partial charge in [0.05, 0.1) is 5.69 Å². The third-order valence-electron chi connectivity index (χ3n) is 1.99. The fourth-order valence-corrected chi connectivity index (χ4v) is 2.77. The van der Waals surface area contributed by atoms with E-state index in [2.05, 4.69) is 9.97 Å². The van der Waals surface area contributed by atoms with Gasteiger partial charge in [0, 0.05) is 5.56 Å². The van der Waals surface area contributed by atoms with Crippen LogP contribution in [0, 0.1) is 0 Å². The second-order valence-electron chi connectivity index (χ2n) is 2.82. The number of thioether (sulfide) groups is 1. The molecule has 0 aliphatic carbocycles. The first-order valence-corrected chi connectivity index (χ1v) is 5.97. The number of aryl methyl sites for hydroxylation is 1. The van der Waals surface area contributed by atoms with Gasteiger partial charge in [-0.25, -0.2) is 9.97 Å². The molecule has 0 spiro atoms. The van der Waals surface area contributed by atoms with Gasteiger partial charge in [-0.3, -0.25) is 0 Å². The van der Waals surface area contributed by atoms with Crippen LogP contribution in [0.5, 0.6) is 0 Å². The summed E-state index contributed by atoms with van der Waals surface area (Å²) in [5.41, 5.74) is 2.10. The number of hydrogen-bond donors (Lipinski definition) is 0. The summed E-state index contributed by atoms with van der Waals surface area (Å²) in [6.45, 7) is 0. The molecule has 2 heterocycles. The summed E-state index contributed by atoms with van der Waals surface area (Å²) in [5, 5.41) is 0.785. The second kappa shape index (κ2) is 4.03. The fourth-order valence-electron chi connectivity index (χ4n) is 1.37. The number of hydrogen-bond acceptors (Lipinski definition) is 3. The van der Waals surface area contributed by atoms with E-state index in [4.69, 9.17) is 23.2 Å². The Balaban J connectivity index is 2.47. The van der Waals surface area contributed by atoms with Gasteiger partial charge in [-0.15, -0.1) is 0 Å². The molecule has 0 aromatic carbocycles. The average molecular weight is 235 g/mol. The van der Waals surface area contributed by atoms with Crippen molar-refractivity contribution in [1.29, 1.82) is 0 Å². The number of rotatable bonds is 0. The Hall–Kier alpha value is 0.01000. The zero-order valence-corrected chi connectivity index (χ0v) is 9.22. The number of nitrogens with zero attached hydrogens (tertiary/aromatic N) is 2. The van der Waals surface area contributed by atoms with Crippen molar-refractivity contribution in [3.63, 3.8) is 0 Å². The zero-order valence-electron chi connectivity index (χ0n) is 6.89. The van der Waals surface area contributed by atoms with Crippen LogP contribution in [0.3, 0.4) is 0 Å². The lowest BCUT2D eigenvalue weighted by Gasteiger charge is -2.05. The lowest BCUT2D eigenvalue weighted by Crippen LogP contribution is -2.01. The van der Waals surface area contributed by atoms with E-state index in [1.165, 1.54) is 0 Å². The molecule has 5 heteroatoms. The average Bonchev–Trinajstić information content (AvgIpc) is 2.28. The van der Waals surface area contributed by atoms with E-state index in [1.54, 1.807) is 0 Å². The Labute approximate surface area is 91.1 Å². The summed E-state index contributed by atoms with van der Waals surface area (Å²) >= 11 is 13.6. The Bertz CT molecular complexity index is 330. The highest BCUT2D eigenvalue weighted by Crippen LogP contribution is 2.24. The maximum atomic E-state index is 5.98. The Morgan fingerprint density at radius 3 is 2.69 bits per heavy atom. The monoisotopic (exact) mass is 234 g/mol. The normalized spacial score (nSPS) is 16.5. The Kier molecular flexibility index (Phi) is 2.96. The number of halogens is 2. The van der Waals surface area contributed by atoms with E-state index in [0.717, 1.165) is 35.6 Å². The zero-order chi connectivity index (χ0) is 9.26. The smallest absolute Gasteiger partial charge is 0.223 e. The predicted molar refractivity (Wildman–Crippen MR) is 56.8 cm³/mol. The molecule has 0 bridgehead atoms. The van der Waals surface area contributed by atoms with Crippen LogP contribution < -0.4 is 0 Å². The topological polar surface area (TPSA) is 25.8 Å². The molecule has 0 fully saturated rings. The largest absolute Gasteiger partial charge is 0.224 e. The third kappa shape index (κ3) is 2.09. The summed E-state index contributed by atoms with van der Waals surface area (Å²) in [6.07, 6.45) is 1.90. The van der Waals surface area contributed by atoms with Gasteiger partial charge in [-0.05, 0) is 35.9 Å². The summed E-state index contributed by atoms with van der Waals surface area (Å²) in [5.74, 6) is 2.19. The van der Waals surface area contributed by atoms with E-state index in [-0.39, 0.29) is 5.28 Å². The first kappa shape index (κ1) is 9.56. The van der Waals surface area contributed by atoms with Crippen molar-refractivity contribution in [2.75, 3.05) is 11.5 Å². The molecule has 1 aliphatic heterocycles. The van der Waals surface area contributed by atoms with Crippen molar-refractivity contribution in [3.8, 4) is 0 Å². The highest BCUT2D eigenvalue weighted by molar-refractivity contribution is 7.99. The van der Waals surface area contributed by atoms with Crippen LogP contribution in [-0.2, 0) is 12.8 Å². The van der Waals surface area contributed by atoms with Crippen molar-refractivity contribution in [1.82, 2.24) is 9.97 Å². The Morgan fingerprint density at radius 1 is 1.08 bits per heavy atom. The quantitative estimate of drug-likeness (QED) is 0.510. The standard InChI is InChI=1S/C8H8Cl2N2S/c9-7-5-1-3-13-4-2-6(5)11-8(10)12-7/h1-4H2. The molecule has 2 rings (SSSR count). The minimum absolute atomic E-state index is 0.260. The Morgan fingerprint density at radius 2 is 1.85 bits per heavy atom. The summed E-state index contributed by atoms with van der Waals surface area (Å²) < 4.78 is 0. The lowest BCUT2D eigenvalue weighted by molar-refractivity contribution is 0.956. The van der Waals surface area contributed by atoms with Gasteiger partial charge in [0.2, 0.25) is 5.28 Å². The molecule has 1 aromatic heterocycles. The molecular weight excluding hydrogens is 227 g/mol. The van der Waals surface area contributed by atoms with Crippen LogP contribution in [0.2, 0.25) is 10.4 Å². The van der Waals surface area contributed by atoms with Gasteiger partial charge in [0.1, 0.15) is 5.15 Å². The van der Waals surface area contributed by atoms with E-state index < -0.39 is 0 Å². The first-order valence-electron chi connectivity index (χ1n) is 4.06. The second-order valence-corrected chi connectivity index (χ2v) is 4.74. The van der Waals surface area contributed by atoms with Gasteiger partial charge < -0.3 is 0 Å². The molecule has 0 saturated carbocycles. The minimum atomic E-state index is 0.260.